The average Bonchev–Trinajstić information content (AvgIpc) is 3.31. The largest absolute Gasteiger partial charge is 0.394 e. The van der Waals surface area contributed by atoms with Gasteiger partial charge in [-0.05, 0) is 51.2 Å². The lowest BCUT2D eigenvalue weighted by atomic mass is 9.62. The number of hydrogen-bond donors (Lipinski definition) is 3. The number of aryl methyl sites for hydroxylation is 1. The summed E-state index contributed by atoms with van der Waals surface area (Å²) in [5.74, 6) is -2.55. The molecule has 3 heterocycles. The monoisotopic (exact) mass is 491 g/mol. The Morgan fingerprint density at radius 1 is 1.35 bits per heavy atom. The predicted octanol–water partition coefficient (Wildman–Crippen LogP) is 2.50. The molecule has 1 aromatic carbocycles. The second-order valence-corrected chi connectivity index (χ2v) is 10.6. The van der Waals surface area contributed by atoms with E-state index in [2.05, 4.69) is 10.6 Å². The highest BCUT2D eigenvalue weighted by Crippen LogP contribution is 2.65. The molecule has 186 valence electrons. The van der Waals surface area contributed by atoms with Crippen LogP contribution in [0.1, 0.15) is 46.1 Å². The van der Waals surface area contributed by atoms with E-state index in [1.165, 1.54) is 4.90 Å². The summed E-state index contributed by atoms with van der Waals surface area (Å²) in [5, 5.41) is 16.2. The maximum absolute atomic E-state index is 13.9. The molecule has 3 unspecified atom stereocenters. The van der Waals surface area contributed by atoms with Crippen LogP contribution < -0.4 is 10.6 Å². The number of hydrogen-bond acceptors (Lipinski definition) is 5. The number of para-hydroxylation sites is 1. The molecule has 1 aromatic rings. The molecule has 4 rings (SSSR count). The Morgan fingerprint density at radius 3 is 2.68 bits per heavy atom. The lowest BCUT2D eigenvalue weighted by Gasteiger charge is -2.36. The van der Waals surface area contributed by atoms with Gasteiger partial charge in [0.2, 0.25) is 17.7 Å². The Kier molecular flexibility index (Phi) is 6.46. The van der Waals surface area contributed by atoms with Gasteiger partial charge >= 0.3 is 0 Å². The van der Waals surface area contributed by atoms with Crippen LogP contribution in [0.3, 0.4) is 0 Å². The van der Waals surface area contributed by atoms with Gasteiger partial charge in [-0.1, -0.05) is 37.6 Å². The molecule has 0 radical (unpaired) electrons. The third-order valence-corrected chi connectivity index (χ3v) is 8.36. The molecule has 3 aliphatic rings. The van der Waals surface area contributed by atoms with Crippen LogP contribution in [-0.2, 0) is 19.1 Å². The van der Waals surface area contributed by atoms with Crippen molar-refractivity contribution >= 4 is 35.0 Å². The standard InChI is InChI=1S/C25H34ClN3O5/c1-6-10-27-21(31)17-18-23(33)29(15(4)12-30)20(25(18)11-14(3)24(17,5)34-25)22(32)28-19-13(2)8-7-9-16(19)26/h7-9,14-15,17-18,20,30H,6,10-12H2,1-5H3,(H,27,31)(H,28,32)/t14?,15-,17+,18+,20?,24-,25?/m1/s1. The van der Waals surface area contributed by atoms with Crippen molar-refractivity contribution in [2.24, 2.45) is 17.8 Å². The van der Waals surface area contributed by atoms with Crippen LogP contribution in [0.25, 0.3) is 0 Å². The summed E-state index contributed by atoms with van der Waals surface area (Å²) in [4.78, 5) is 42.4. The van der Waals surface area contributed by atoms with E-state index in [9.17, 15) is 19.5 Å². The third-order valence-electron chi connectivity index (χ3n) is 8.04. The van der Waals surface area contributed by atoms with Gasteiger partial charge in [0.15, 0.2) is 0 Å². The number of aliphatic hydroxyl groups is 1. The minimum atomic E-state index is -1.16. The van der Waals surface area contributed by atoms with Crippen molar-refractivity contribution in [3.8, 4) is 0 Å². The molecule has 3 N–H and O–H groups in total. The number of likely N-dealkylation sites (tertiary alicyclic amines) is 1. The molecular weight excluding hydrogens is 458 g/mol. The number of rotatable bonds is 7. The molecule has 34 heavy (non-hydrogen) atoms. The summed E-state index contributed by atoms with van der Waals surface area (Å²) in [6, 6.07) is 3.70. The number of ether oxygens (including phenoxy) is 1. The maximum Gasteiger partial charge on any atom is 0.250 e. The number of amides is 3. The third kappa shape index (κ3) is 3.45. The number of anilines is 1. The summed E-state index contributed by atoms with van der Waals surface area (Å²) in [6.07, 6.45) is 1.23. The molecule has 3 aliphatic heterocycles. The topological polar surface area (TPSA) is 108 Å². The predicted molar refractivity (Wildman–Crippen MR) is 128 cm³/mol. The lowest BCUT2D eigenvalue weighted by Crippen LogP contribution is -2.56. The van der Waals surface area contributed by atoms with E-state index in [0.717, 1.165) is 12.0 Å². The maximum atomic E-state index is 13.9. The van der Waals surface area contributed by atoms with Crippen LogP contribution in [-0.4, -0.2) is 64.2 Å². The number of halogens is 1. The van der Waals surface area contributed by atoms with Crippen molar-refractivity contribution in [1.29, 1.82) is 0 Å². The van der Waals surface area contributed by atoms with Crippen LogP contribution in [0.2, 0.25) is 5.02 Å². The number of nitrogens with zero attached hydrogens (tertiary/aromatic N) is 1. The fourth-order valence-corrected chi connectivity index (χ4v) is 6.55. The molecule has 0 aromatic heterocycles. The lowest BCUT2D eigenvalue weighted by molar-refractivity contribution is -0.148. The highest BCUT2D eigenvalue weighted by atomic mass is 35.5. The quantitative estimate of drug-likeness (QED) is 0.543. The Labute approximate surface area is 205 Å². The minimum Gasteiger partial charge on any atom is -0.394 e. The van der Waals surface area contributed by atoms with Crippen LogP contribution in [0.5, 0.6) is 0 Å². The van der Waals surface area contributed by atoms with Gasteiger partial charge in [0.1, 0.15) is 11.6 Å². The van der Waals surface area contributed by atoms with Gasteiger partial charge in [-0.3, -0.25) is 14.4 Å². The second kappa shape index (κ2) is 8.81. The second-order valence-electron chi connectivity index (χ2n) is 10.2. The highest BCUT2D eigenvalue weighted by molar-refractivity contribution is 6.34. The SMILES string of the molecule is CCCNC(=O)[C@@H]1[C@H]2C(=O)N([C@H](C)CO)C(C(=O)Nc3c(C)cccc3Cl)C23CC(C)[C@@]1(C)O3. The normalized spacial score (nSPS) is 34.8. The fraction of sp³-hybridized carbons (Fsp3) is 0.640. The zero-order chi connectivity index (χ0) is 25.0. The van der Waals surface area contributed by atoms with Gasteiger partial charge < -0.3 is 25.4 Å². The van der Waals surface area contributed by atoms with Gasteiger partial charge in [-0.2, -0.15) is 0 Å². The molecule has 7 atom stereocenters. The first-order chi connectivity index (χ1) is 16.0. The molecule has 3 saturated heterocycles. The zero-order valence-corrected chi connectivity index (χ0v) is 21.1. The van der Waals surface area contributed by atoms with Crippen LogP contribution in [0.15, 0.2) is 18.2 Å². The molecule has 9 heteroatoms. The van der Waals surface area contributed by atoms with Gasteiger partial charge in [-0.15, -0.1) is 0 Å². The van der Waals surface area contributed by atoms with Gasteiger partial charge in [-0.25, -0.2) is 0 Å². The van der Waals surface area contributed by atoms with E-state index in [4.69, 9.17) is 16.3 Å². The number of fused-ring (bicyclic) bond motifs is 1. The van der Waals surface area contributed by atoms with E-state index in [1.807, 2.05) is 33.8 Å². The van der Waals surface area contributed by atoms with Crippen molar-refractivity contribution < 1.29 is 24.2 Å². The Balaban J connectivity index is 1.79. The zero-order valence-electron chi connectivity index (χ0n) is 20.4. The molecule has 3 amide bonds. The molecule has 2 bridgehead atoms. The molecule has 1 spiro atoms. The van der Waals surface area contributed by atoms with E-state index in [0.29, 0.717) is 23.7 Å². The smallest absolute Gasteiger partial charge is 0.250 e. The average molecular weight is 492 g/mol. The minimum absolute atomic E-state index is 0.0457. The Hall–Kier alpha value is -2.16. The molecule has 3 fully saturated rings. The Morgan fingerprint density at radius 2 is 2.06 bits per heavy atom. The molecule has 0 aliphatic carbocycles. The van der Waals surface area contributed by atoms with Crippen LogP contribution in [0.4, 0.5) is 5.69 Å². The van der Waals surface area contributed by atoms with Crippen molar-refractivity contribution in [3.63, 3.8) is 0 Å². The molecule has 0 saturated carbocycles. The van der Waals surface area contributed by atoms with E-state index in [-0.39, 0.29) is 24.3 Å². The van der Waals surface area contributed by atoms with Crippen molar-refractivity contribution in [3.05, 3.63) is 28.8 Å². The summed E-state index contributed by atoms with van der Waals surface area (Å²) in [5.41, 5.74) is -0.773. The number of aliphatic hydroxyl groups excluding tert-OH is 1. The number of carbonyl (C=O) groups excluding carboxylic acids is 3. The highest BCUT2D eigenvalue weighted by Gasteiger charge is 2.80. The summed E-state index contributed by atoms with van der Waals surface area (Å²) in [7, 11) is 0. The van der Waals surface area contributed by atoms with Crippen LogP contribution in [0, 0.1) is 24.7 Å². The first kappa shape index (κ1) is 24.9. The van der Waals surface area contributed by atoms with Crippen molar-refractivity contribution in [2.45, 2.75) is 70.7 Å². The van der Waals surface area contributed by atoms with Crippen molar-refractivity contribution in [2.75, 3.05) is 18.5 Å². The van der Waals surface area contributed by atoms with Gasteiger partial charge in [0, 0.05) is 6.54 Å². The van der Waals surface area contributed by atoms with Gasteiger partial charge in [0.25, 0.3) is 0 Å². The summed E-state index contributed by atoms with van der Waals surface area (Å²) >= 11 is 6.36. The van der Waals surface area contributed by atoms with E-state index < -0.39 is 41.0 Å². The first-order valence-electron chi connectivity index (χ1n) is 12.0. The van der Waals surface area contributed by atoms with Gasteiger partial charge in [0.05, 0.1) is 40.8 Å². The number of carbonyl (C=O) groups is 3. The summed E-state index contributed by atoms with van der Waals surface area (Å²) < 4.78 is 6.63. The fourth-order valence-electron chi connectivity index (χ4n) is 6.28. The summed E-state index contributed by atoms with van der Waals surface area (Å²) in [6.45, 7) is 9.56. The van der Waals surface area contributed by atoms with E-state index in [1.54, 1.807) is 19.1 Å². The van der Waals surface area contributed by atoms with Crippen molar-refractivity contribution in [1.82, 2.24) is 10.2 Å². The first-order valence-corrected chi connectivity index (χ1v) is 12.4. The number of nitrogens with one attached hydrogen (secondary N) is 2. The van der Waals surface area contributed by atoms with E-state index >= 15 is 0 Å². The van der Waals surface area contributed by atoms with Crippen LogP contribution >= 0.6 is 11.6 Å². The number of benzene rings is 1. The Bertz CT molecular complexity index is 998. The molecule has 8 nitrogen and oxygen atoms in total. The molecular formula is C25H34ClN3O5.